The van der Waals surface area contributed by atoms with Crippen LogP contribution in [0.5, 0.6) is 0 Å². The van der Waals surface area contributed by atoms with E-state index in [9.17, 15) is 0 Å². The first-order valence-electron chi connectivity index (χ1n) is 9.07. The molecule has 0 spiro atoms. The molecule has 3 heteroatoms. The fourth-order valence-corrected chi connectivity index (χ4v) is 9.47. The van der Waals surface area contributed by atoms with Gasteiger partial charge in [0.2, 0.25) is 0 Å². The summed E-state index contributed by atoms with van der Waals surface area (Å²) in [4.78, 5) is 0. The molecule has 0 amide bonds. The predicted octanol–water partition coefficient (Wildman–Crippen LogP) is 7.07. The monoisotopic (exact) mass is 336 g/mol. The summed E-state index contributed by atoms with van der Waals surface area (Å²) in [5.41, 5.74) is 4.02. The molecule has 1 heterocycles. The van der Waals surface area contributed by atoms with E-state index in [2.05, 4.69) is 62.3 Å². The van der Waals surface area contributed by atoms with Crippen molar-refractivity contribution in [3.8, 4) is 0 Å². The highest BCUT2D eigenvalue weighted by molar-refractivity contribution is 6.77. The zero-order valence-electron chi connectivity index (χ0n) is 16.8. The van der Waals surface area contributed by atoms with Gasteiger partial charge in [0.15, 0.2) is 0 Å². The SMILES string of the molecule is C/C=C1\OC(CC)=C(C)C(O[Si](C(C)C)(C(C)C)C(C)C)=C1C. The van der Waals surface area contributed by atoms with E-state index >= 15 is 0 Å². The zero-order chi connectivity index (χ0) is 17.9. The van der Waals surface area contributed by atoms with Gasteiger partial charge in [-0.15, -0.1) is 0 Å². The van der Waals surface area contributed by atoms with Crippen LogP contribution in [0.4, 0.5) is 0 Å². The molecule has 132 valence electrons. The Balaban J connectivity index is 3.48. The van der Waals surface area contributed by atoms with Gasteiger partial charge >= 0.3 is 0 Å². The van der Waals surface area contributed by atoms with Crippen molar-refractivity contribution in [3.63, 3.8) is 0 Å². The highest BCUT2D eigenvalue weighted by Gasteiger charge is 2.48. The van der Waals surface area contributed by atoms with Gasteiger partial charge in [0.05, 0.1) is 0 Å². The van der Waals surface area contributed by atoms with Gasteiger partial charge in [-0.1, -0.05) is 48.5 Å². The minimum atomic E-state index is -1.96. The summed E-state index contributed by atoms with van der Waals surface area (Å²) in [6.07, 6.45) is 2.94. The maximum Gasteiger partial charge on any atom is 0.258 e. The number of hydrogen-bond acceptors (Lipinski definition) is 2. The summed E-state index contributed by atoms with van der Waals surface area (Å²) >= 11 is 0. The van der Waals surface area contributed by atoms with Gasteiger partial charge in [-0.05, 0) is 43.5 Å². The second-order valence-electron chi connectivity index (χ2n) is 7.53. The van der Waals surface area contributed by atoms with Crippen LogP contribution in [0, 0.1) is 0 Å². The summed E-state index contributed by atoms with van der Waals surface area (Å²) in [6, 6.07) is 0. The maximum atomic E-state index is 6.99. The van der Waals surface area contributed by atoms with E-state index in [1.165, 1.54) is 5.57 Å². The summed E-state index contributed by atoms with van der Waals surface area (Å²) < 4.78 is 13.0. The van der Waals surface area contributed by atoms with Crippen LogP contribution in [0.1, 0.15) is 75.7 Å². The van der Waals surface area contributed by atoms with Crippen molar-refractivity contribution < 1.29 is 9.16 Å². The Morgan fingerprint density at radius 1 is 0.957 bits per heavy atom. The van der Waals surface area contributed by atoms with Crippen molar-refractivity contribution in [1.29, 1.82) is 0 Å². The highest BCUT2D eigenvalue weighted by Crippen LogP contribution is 2.46. The number of allylic oxidation sites excluding steroid dienone is 4. The fourth-order valence-electron chi connectivity index (χ4n) is 4.10. The van der Waals surface area contributed by atoms with Gasteiger partial charge in [-0.2, -0.15) is 0 Å². The molecule has 0 saturated carbocycles. The van der Waals surface area contributed by atoms with E-state index in [0.717, 1.165) is 29.3 Å². The predicted molar refractivity (Wildman–Crippen MR) is 103 cm³/mol. The van der Waals surface area contributed by atoms with Crippen LogP contribution >= 0.6 is 0 Å². The number of rotatable bonds is 6. The Kier molecular flexibility index (Phi) is 6.76. The lowest BCUT2D eigenvalue weighted by Gasteiger charge is -2.44. The normalized spacial score (nSPS) is 18.6. The second kappa shape index (κ2) is 7.74. The Morgan fingerprint density at radius 2 is 1.43 bits per heavy atom. The maximum absolute atomic E-state index is 6.99. The second-order valence-corrected chi connectivity index (χ2v) is 12.9. The third-order valence-electron chi connectivity index (χ3n) is 5.27. The van der Waals surface area contributed by atoms with Crippen LogP contribution in [0.2, 0.25) is 16.6 Å². The molecule has 0 aromatic heterocycles. The van der Waals surface area contributed by atoms with E-state index in [4.69, 9.17) is 9.16 Å². The van der Waals surface area contributed by atoms with Gasteiger partial charge in [0, 0.05) is 17.6 Å². The van der Waals surface area contributed by atoms with Crippen LogP contribution in [0.15, 0.2) is 34.5 Å². The minimum Gasteiger partial charge on any atom is -0.542 e. The van der Waals surface area contributed by atoms with Crippen molar-refractivity contribution in [2.45, 2.75) is 92.3 Å². The highest BCUT2D eigenvalue weighted by atomic mass is 28.4. The molecular weight excluding hydrogens is 300 g/mol. The molecular formula is C20H36O2Si. The molecule has 0 atom stereocenters. The minimum absolute atomic E-state index is 0.567. The first-order chi connectivity index (χ1) is 10.6. The van der Waals surface area contributed by atoms with E-state index in [1.54, 1.807) is 0 Å². The smallest absolute Gasteiger partial charge is 0.258 e. The first-order valence-corrected chi connectivity index (χ1v) is 11.2. The van der Waals surface area contributed by atoms with Gasteiger partial charge in [-0.3, -0.25) is 0 Å². The molecule has 0 N–H and O–H groups in total. The molecule has 0 saturated heterocycles. The molecule has 0 radical (unpaired) electrons. The topological polar surface area (TPSA) is 18.5 Å². The Labute approximate surface area is 144 Å². The Morgan fingerprint density at radius 3 is 1.78 bits per heavy atom. The standard InChI is InChI=1S/C20H36O2Si/c1-11-18-16(9)20(17(10)19(12-2)21-18)22-23(13(3)4,14(5)6)15(7)8/h11,13-15H,12H2,1-10H3/b18-11-. The lowest BCUT2D eigenvalue weighted by atomic mass is 10.0. The van der Waals surface area contributed by atoms with Crippen molar-refractivity contribution in [2.75, 3.05) is 0 Å². The molecule has 0 unspecified atom stereocenters. The molecule has 0 aromatic carbocycles. The zero-order valence-corrected chi connectivity index (χ0v) is 17.8. The molecule has 23 heavy (non-hydrogen) atoms. The molecule has 2 nitrogen and oxygen atoms in total. The summed E-state index contributed by atoms with van der Waals surface area (Å²) in [6.45, 7) is 22.4. The van der Waals surface area contributed by atoms with E-state index in [1.807, 2.05) is 13.0 Å². The van der Waals surface area contributed by atoms with Crippen molar-refractivity contribution in [1.82, 2.24) is 0 Å². The van der Waals surface area contributed by atoms with E-state index < -0.39 is 8.32 Å². The summed E-state index contributed by atoms with van der Waals surface area (Å²) in [5, 5.41) is 0. The third kappa shape index (κ3) is 3.60. The van der Waals surface area contributed by atoms with Gasteiger partial charge in [-0.25, -0.2) is 0 Å². The molecule has 0 aliphatic carbocycles. The van der Waals surface area contributed by atoms with E-state index in [0.29, 0.717) is 16.6 Å². The van der Waals surface area contributed by atoms with Crippen molar-refractivity contribution in [2.24, 2.45) is 0 Å². The lowest BCUT2D eigenvalue weighted by molar-refractivity contribution is 0.269. The van der Waals surface area contributed by atoms with E-state index in [-0.39, 0.29) is 0 Å². The largest absolute Gasteiger partial charge is 0.542 e. The quantitative estimate of drug-likeness (QED) is 0.483. The van der Waals surface area contributed by atoms with Crippen LogP contribution in [0.3, 0.4) is 0 Å². The summed E-state index contributed by atoms with van der Waals surface area (Å²) in [7, 11) is -1.96. The van der Waals surface area contributed by atoms with Gasteiger partial charge in [0.1, 0.15) is 17.3 Å². The number of ether oxygens (including phenoxy) is 1. The van der Waals surface area contributed by atoms with Crippen LogP contribution in [-0.4, -0.2) is 8.32 Å². The third-order valence-corrected chi connectivity index (χ3v) is 11.2. The summed E-state index contributed by atoms with van der Waals surface area (Å²) in [5.74, 6) is 3.06. The molecule has 1 rings (SSSR count). The first kappa shape index (κ1) is 20.1. The van der Waals surface area contributed by atoms with Gasteiger partial charge in [0.25, 0.3) is 8.32 Å². The molecule has 1 aliphatic rings. The molecule has 0 fully saturated rings. The molecule has 0 aromatic rings. The Bertz CT molecular complexity index is 500. The van der Waals surface area contributed by atoms with Gasteiger partial charge < -0.3 is 9.16 Å². The average molecular weight is 337 g/mol. The van der Waals surface area contributed by atoms with Crippen LogP contribution in [0.25, 0.3) is 0 Å². The van der Waals surface area contributed by atoms with Crippen molar-refractivity contribution >= 4 is 8.32 Å². The lowest BCUT2D eigenvalue weighted by Crippen LogP contribution is -2.48. The fraction of sp³-hybridized carbons (Fsp3) is 0.700. The average Bonchev–Trinajstić information content (AvgIpc) is 2.46. The molecule has 1 aliphatic heterocycles. The number of hydrogen-bond donors (Lipinski definition) is 0. The molecule has 0 bridgehead atoms. The van der Waals surface area contributed by atoms with Crippen LogP contribution < -0.4 is 0 Å². The Hall–Kier alpha value is -0.963. The van der Waals surface area contributed by atoms with Crippen molar-refractivity contribution in [3.05, 3.63) is 34.5 Å². The van der Waals surface area contributed by atoms with Crippen LogP contribution in [-0.2, 0) is 9.16 Å².